The fourth-order valence-electron chi connectivity index (χ4n) is 1.61. The van der Waals surface area contributed by atoms with Crippen molar-refractivity contribution in [2.45, 2.75) is 0 Å². The van der Waals surface area contributed by atoms with E-state index in [0.29, 0.717) is 15.2 Å². The summed E-state index contributed by atoms with van der Waals surface area (Å²) in [4.78, 5) is 25.0. The number of carbonyl (C=O) groups excluding carboxylic acids is 1. The zero-order valence-electron chi connectivity index (χ0n) is 9.20. The predicted octanol–water partition coefficient (Wildman–Crippen LogP) is 1.85. The summed E-state index contributed by atoms with van der Waals surface area (Å²) in [5.74, 6) is -0.453. The van der Waals surface area contributed by atoms with Gasteiger partial charge >= 0.3 is 0 Å². The van der Waals surface area contributed by atoms with Gasteiger partial charge in [-0.1, -0.05) is 0 Å². The van der Waals surface area contributed by atoms with E-state index in [-0.39, 0.29) is 0 Å². The lowest BCUT2D eigenvalue weighted by atomic mass is 10.2. The highest BCUT2D eigenvalue weighted by Crippen LogP contribution is 2.24. The van der Waals surface area contributed by atoms with E-state index in [9.17, 15) is 4.79 Å². The van der Waals surface area contributed by atoms with Gasteiger partial charge in [0, 0.05) is 18.0 Å². The molecule has 0 unspecified atom stereocenters. The van der Waals surface area contributed by atoms with E-state index in [1.807, 2.05) is 12.1 Å². The van der Waals surface area contributed by atoms with Crippen LogP contribution in [0.1, 0.15) is 9.67 Å². The molecule has 0 aliphatic carbocycles. The van der Waals surface area contributed by atoms with Crippen LogP contribution < -0.4 is 5.73 Å². The van der Waals surface area contributed by atoms with Gasteiger partial charge in [0.05, 0.1) is 16.8 Å². The Morgan fingerprint density at radius 1 is 1.28 bits per heavy atom. The second-order valence-electron chi connectivity index (χ2n) is 3.66. The van der Waals surface area contributed by atoms with E-state index in [0.717, 1.165) is 11.3 Å². The van der Waals surface area contributed by atoms with Crippen molar-refractivity contribution >= 4 is 27.6 Å². The molecule has 3 rings (SSSR count). The second-order valence-corrected chi connectivity index (χ2v) is 4.69. The van der Waals surface area contributed by atoms with Crippen LogP contribution in [-0.4, -0.2) is 20.9 Å². The Hall–Kier alpha value is -2.34. The summed E-state index contributed by atoms with van der Waals surface area (Å²) >= 11 is 1.25. The number of thiophene rings is 1. The Morgan fingerprint density at radius 2 is 2.06 bits per heavy atom. The average molecular weight is 256 g/mol. The maximum absolute atomic E-state index is 11.1. The van der Waals surface area contributed by atoms with Gasteiger partial charge in [-0.25, -0.2) is 9.97 Å². The van der Waals surface area contributed by atoms with Gasteiger partial charge < -0.3 is 5.73 Å². The Bertz CT molecular complexity index is 723. The molecule has 0 aromatic carbocycles. The van der Waals surface area contributed by atoms with Gasteiger partial charge in [-0.2, -0.15) is 0 Å². The van der Waals surface area contributed by atoms with Crippen LogP contribution in [0.4, 0.5) is 0 Å². The van der Waals surface area contributed by atoms with E-state index >= 15 is 0 Å². The van der Waals surface area contributed by atoms with Gasteiger partial charge in [0.25, 0.3) is 5.91 Å². The van der Waals surface area contributed by atoms with E-state index in [2.05, 4.69) is 15.0 Å². The van der Waals surface area contributed by atoms with E-state index in [1.54, 1.807) is 24.7 Å². The summed E-state index contributed by atoms with van der Waals surface area (Å²) in [5, 5.41) is 0. The molecule has 2 N–H and O–H groups in total. The molecule has 18 heavy (non-hydrogen) atoms. The number of hydrogen-bond acceptors (Lipinski definition) is 5. The first kappa shape index (κ1) is 10.8. The fraction of sp³-hybridized carbons (Fsp3) is 0. The molecule has 5 nitrogen and oxygen atoms in total. The number of rotatable bonds is 2. The lowest BCUT2D eigenvalue weighted by Crippen LogP contribution is -2.08. The molecule has 0 saturated heterocycles. The van der Waals surface area contributed by atoms with E-state index in [1.165, 1.54) is 11.3 Å². The zero-order valence-corrected chi connectivity index (χ0v) is 10.0. The van der Waals surface area contributed by atoms with Crippen LogP contribution in [0.2, 0.25) is 0 Å². The normalized spacial score (nSPS) is 10.7. The lowest BCUT2D eigenvalue weighted by Gasteiger charge is -1.98. The van der Waals surface area contributed by atoms with Crippen molar-refractivity contribution in [1.29, 1.82) is 0 Å². The highest BCUT2D eigenvalue weighted by atomic mass is 32.1. The molecule has 0 aliphatic rings. The Labute approximate surface area is 106 Å². The van der Waals surface area contributed by atoms with Crippen LogP contribution in [0.25, 0.3) is 21.6 Å². The molecule has 3 heterocycles. The fourth-order valence-corrected chi connectivity index (χ4v) is 2.40. The van der Waals surface area contributed by atoms with Crippen LogP contribution in [0.3, 0.4) is 0 Å². The molecule has 0 aliphatic heterocycles. The minimum Gasteiger partial charge on any atom is -0.365 e. The molecule has 0 atom stereocenters. The zero-order chi connectivity index (χ0) is 12.5. The van der Waals surface area contributed by atoms with Crippen LogP contribution in [0.5, 0.6) is 0 Å². The van der Waals surface area contributed by atoms with Crippen LogP contribution in [-0.2, 0) is 0 Å². The van der Waals surface area contributed by atoms with E-state index in [4.69, 9.17) is 5.73 Å². The Balaban J connectivity index is 2.14. The van der Waals surface area contributed by atoms with Crippen LogP contribution >= 0.6 is 11.3 Å². The number of aromatic nitrogens is 3. The molecule has 1 amide bonds. The van der Waals surface area contributed by atoms with Crippen molar-refractivity contribution < 1.29 is 4.79 Å². The molecular weight excluding hydrogens is 248 g/mol. The average Bonchev–Trinajstić information content (AvgIpc) is 2.82. The van der Waals surface area contributed by atoms with Crippen molar-refractivity contribution in [3.63, 3.8) is 0 Å². The molecule has 3 aromatic rings. The first-order valence-electron chi connectivity index (χ1n) is 5.21. The third kappa shape index (κ3) is 1.82. The third-order valence-electron chi connectivity index (χ3n) is 2.46. The summed E-state index contributed by atoms with van der Waals surface area (Å²) in [5.41, 5.74) is 7.60. The number of nitrogens with zero attached hydrogens (tertiary/aromatic N) is 3. The molecular formula is C12H8N4OS. The Morgan fingerprint density at radius 3 is 2.78 bits per heavy atom. The van der Waals surface area contributed by atoms with Crippen LogP contribution in [0, 0.1) is 0 Å². The van der Waals surface area contributed by atoms with Gasteiger partial charge in [-0.05, 0) is 18.2 Å². The number of primary amides is 1. The van der Waals surface area contributed by atoms with Crippen molar-refractivity contribution in [3.05, 3.63) is 41.7 Å². The molecule has 0 bridgehead atoms. The van der Waals surface area contributed by atoms with Crippen molar-refractivity contribution in [2.75, 3.05) is 0 Å². The quantitative estimate of drug-likeness (QED) is 0.758. The van der Waals surface area contributed by atoms with Crippen molar-refractivity contribution in [3.8, 4) is 11.3 Å². The topological polar surface area (TPSA) is 81.8 Å². The summed E-state index contributed by atoms with van der Waals surface area (Å²) < 4.78 is 0. The standard InChI is InChI=1S/C12H8N4OS/c13-11(17)10-5-8-12(18-10)15-6-9(16-8)7-1-3-14-4-2-7/h1-6H,(H2,13,17). The van der Waals surface area contributed by atoms with E-state index < -0.39 is 5.91 Å². The molecule has 88 valence electrons. The van der Waals surface area contributed by atoms with Gasteiger partial charge in [-0.15, -0.1) is 11.3 Å². The summed E-state index contributed by atoms with van der Waals surface area (Å²) in [6.07, 6.45) is 5.08. The first-order chi connectivity index (χ1) is 8.74. The number of nitrogens with two attached hydrogens (primary N) is 1. The molecule has 3 aromatic heterocycles. The first-order valence-corrected chi connectivity index (χ1v) is 6.02. The smallest absolute Gasteiger partial charge is 0.258 e. The lowest BCUT2D eigenvalue weighted by molar-refractivity contribution is 0.100. The van der Waals surface area contributed by atoms with Gasteiger partial charge in [0.2, 0.25) is 0 Å². The van der Waals surface area contributed by atoms with Gasteiger partial charge in [0.15, 0.2) is 0 Å². The highest BCUT2D eigenvalue weighted by Gasteiger charge is 2.09. The summed E-state index contributed by atoms with van der Waals surface area (Å²) in [6, 6.07) is 5.38. The molecule has 0 fully saturated rings. The predicted molar refractivity (Wildman–Crippen MR) is 69.2 cm³/mol. The minimum absolute atomic E-state index is 0.453. The van der Waals surface area contributed by atoms with Gasteiger partial charge in [-0.3, -0.25) is 9.78 Å². The molecule has 6 heteroatoms. The monoisotopic (exact) mass is 256 g/mol. The van der Waals surface area contributed by atoms with Crippen molar-refractivity contribution in [1.82, 2.24) is 15.0 Å². The Kier molecular flexibility index (Phi) is 2.49. The minimum atomic E-state index is -0.453. The highest BCUT2D eigenvalue weighted by molar-refractivity contribution is 7.20. The summed E-state index contributed by atoms with van der Waals surface area (Å²) in [6.45, 7) is 0. The maximum Gasteiger partial charge on any atom is 0.258 e. The number of hydrogen-bond donors (Lipinski definition) is 1. The molecule has 0 spiro atoms. The SMILES string of the molecule is NC(=O)c1cc2nc(-c3ccncc3)cnc2s1. The third-order valence-corrected chi connectivity index (χ3v) is 3.50. The van der Waals surface area contributed by atoms with Crippen molar-refractivity contribution in [2.24, 2.45) is 5.73 Å². The maximum atomic E-state index is 11.1. The molecule has 0 saturated carbocycles. The molecule has 0 radical (unpaired) electrons. The largest absolute Gasteiger partial charge is 0.365 e. The second kappa shape index (κ2) is 4.15. The number of fused-ring (bicyclic) bond motifs is 1. The number of pyridine rings is 1. The number of carbonyl (C=O) groups is 1. The van der Waals surface area contributed by atoms with Gasteiger partial charge in [0.1, 0.15) is 10.3 Å². The van der Waals surface area contributed by atoms with Crippen LogP contribution in [0.15, 0.2) is 36.8 Å². The number of amides is 1. The summed E-state index contributed by atoms with van der Waals surface area (Å²) in [7, 11) is 0.